The summed E-state index contributed by atoms with van der Waals surface area (Å²) in [6.07, 6.45) is 4.12. The van der Waals surface area contributed by atoms with Gasteiger partial charge in [0.1, 0.15) is 6.10 Å². The fraction of sp³-hybridized carbons (Fsp3) is 0.0714. The molecule has 96 valence electrons. The highest BCUT2D eigenvalue weighted by Gasteiger charge is 2.18. The number of aromatic nitrogens is 2. The van der Waals surface area contributed by atoms with Crippen LogP contribution in [0.25, 0.3) is 5.69 Å². The predicted molar refractivity (Wildman–Crippen MR) is 74.0 cm³/mol. The van der Waals surface area contributed by atoms with Gasteiger partial charge >= 0.3 is 0 Å². The number of para-hydroxylation sites is 1. The molecule has 1 atom stereocenters. The van der Waals surface area contributed by atoms with Crippen molar-refractivity contribution in [3.05, 3.63) is 70.9 Å². The predicted octanol–water partition coefficient (Wildman–Crippen LogP) is 3.31. The van der Waals surface area contributed by atoms with Gasteiger partial charge in [-0.3, -0.25) is 0 Å². The fourth-order valence-electron chi connectivity index (χ4n) is 1.85. The number of furan rings is 1. The van der Waals surface area contributed by atoms with Crippen molar-refractivity contribution in [1.29, 1.82) is 0 Å². The molecule has 0 radical (unpaired) electrons. The van der Waals surface area contributed by atoms with Crippen molar-refractivity contribution in [3.63, 3.8) is 0 Å². The number of rotatable bonds is 3. The topological polar surface area (TPSA) is 51.2 Å². The van der Waals surface area contributed by atoms with Gasteiger partial charge in [-0.05, 0) is 34.1 Å². The first-order chi connectivity index (χ1) is 9.25. The minimum atomic E-state index is -0.832. The van der Waals surface area contributed by atoms with Crippen molar-refractivity contribution in [3.8, 4) is 5.69 Å². The lowest BCUT2D eigenvalue weighted by molar-refractivity contribution is 0.188. The van der Waals surface area contributed by atoms with Gasteiger partial charge in [0.05, 0.1) is 22.6 Å². The minimum absolute atomic E-state index is 0.479. The van der Waals surface area contributed by atoms with Crippen molar-refractivity contribution in [2.24, 2.45) is 0 Å². The molecule has 0 aliphatic heterocycles. The highest BCUT2D eigenvalue weighted by atomic mass is 79.9. The van der Waals surface area contributed by atoms with E-state index in [1.165, 1.54) is 6.26 Å². The molecule has 2 aromatic heterocycles. The number of nitrogens with zero attached hydrogens (tertiary/aromatic N) is 2. The van der Waals surface area contributed by atoms with Crippen LogP contribution in [-0.4, -0.2) is 14.9 Å². The first-order valence-electron chi connectivity index (χ1n) is 5.76. The zero-order chi connectivity index (χ0) is 13.2. The number of halogens is 1. The summed E-state index contributed by atoms with van der Waals surface area (Å²) < 4.78 is 7.72. The third-order valence-electron chi connectivity index (χ3n) is 2.83. The molecule has 5 heteroatoms. The van der Waals surface area contributed by atoms with E-state index in [2.05, 4.69) is 21.0 Å². The van der Waals surface area contributed by atoms with Gasteiger partial charge in [-0.1, -0.05) is 18.2 Å². The van der Waals surface area contributed by atoms with E-state index in [0.717, 1.165) is 10.2 Å². The summed E-state index contributed by atoms with van der Waals surface area (Å²) in [6, 6.07) is 11.5. The maximum atomic E-state index is 10.2. The fourth-order valence-corrected chi connectivity index (χ4v) is 2.27. The van der Waals surface area contributed by atoms with E-state index in [1.807, 2.05) is 30.3 Å². The van der Waals surface area contributed by atoms with E-state index in [1.54, 1.807) is 23.1 Å². The summed E-state index contributed by atoms with van der Waals surface area (Å²) in [7, 11) is 0. The van der Waals surface area contributed by atoms with Crippen molar-refractivity contribution in [1.82, 2.24) is 9.78 Å². The van der Waals surface area contributed by atoms with E-state index < -0.39 is 6.10 Å². The van der Waals surface area contributed by atoms with Gasteiger partial charge in [0.25, 0.3) is 0 Å². The molecule has 0 fully saturated rings. The Hall–Kier alpha value is -1.85. The van der Waals surface area contributed by atoms with Crippen LogP contribution in [0.1, 0.15) is 17.4 Å². The molecule has 0 spiro atoms. The molecule has 4 nitrogen and oxygen atoms in total. The second-order valence-corrected chi connectivity index (χ2v) is 4.94. The zero-order valence-electron chi connectivity index (χ0n) is 9.90. The van der Waals surface area contributed by atoms with Gasteiger partial charge in [0, 0.05) is 11.8 Å². The number of hydrogen-bond donors (Lipinski definition) is 1. The van der Waals surface area contributed by atoms with Crippen molar-refractivity contribution in [2.45, 2.75) is 6.10 Å². The molecule has 3 rings (SSSR count). The number of hydrogen-bond acceptors (Lipinski definition) is 3. The Morgan fingerprint density at radius 2 is 2.00 bits per heavy atom. The van der Waals surface area contributed by atoms with E-state index >= 15 is 0 Å². The SMILES string of the molecule is OC(c1cnn(-c2ccccc2)c1)c1occc1Br. The van der Waals surface area contributed by atoms with Gasteiger partial charge in [-0.25, -0.2) is 4.68 Å². The van der Waals surface area contributed by atoms with Crippen LogP contribution in [0.15, 0.2) is 63.9 Å². The number of aliphatic hydroxyl groups is 1. The molecular formula is C14H11BrN2O2. The first-order valence-corrected chi connectivity index (χ1v) is 6.56. The Kier molecular flexibility index (Phi) is 3.23. The van der Waals surface area contributed by atoms with E-state index in [0.29, 0.717) is 11.3 Å². The molecule has 0 amide bonds. The smallest absolute Gasteiger partial charge is 0.151 e. The summed E-state index contributed by atoms with van der Waals surface area (Å²) in [4.78, 5) is 0. The Morgan fingerprint density at radius 3 is 2.68 bits per heavy atom. The van der Waals surface area contributed by atoms with Gasteiger partial charge in [0.2, 0.25) is 0 Å². The lowest BCUT2D eigenvalue weighted by Crippen LogP contribution is -1.97. The third kappa shape index (κ3) is 2.34. The second-order valence-electron chi connectivity index (χ2n) is 4.09. The number of aliphatic hydroxyl groups excluding tert-OH is 1. The van der Waals surface area contributed by atoms with Crippen LogP contribution in [0.5, 0.6) is 0 Å². The molecule has 0 aliphatic rings. The van der Waals surface area contributed by atoms with E-state index in [9.17, 15) is 5.11 Å². The summed E-state index contributed by atoms with van der Waals surface area (Å²) in [5.41, 5.74) is 1.62. The highest BCUT2D eigenvalue weighted by molar-refractivity contribution is 9.10. The van der Waals surface area contributed by atoms with Gasteiger partial charge < -0.3 is 9.52 Å². The van der Waals surface area contributed by atoms with Crippen LogP contribution in [0.4, 0.5) is 0 Å². The lowest BCUT2D eigenvalue weighted by Gasteiger charge is -2.05. The van der Waals surface area contributed by atoms with Gasteiger partial charge in [0.15, 0.2) is 5.76 Å². The molecule has 3 aromatic rings. The molecule has 0 aliphatic carbocycles. The summed E-state index contributed by atoms with van der Waals surface area (Å²) in [5.74, 6) is 0.479. The quantitative estimate of drug-likeness (QED) is 0.806. The molecule has 1 unspecified atom stereocenters. The Labute approximate surface area is 118 Å². The summed E-state index contributed by atoms with van der Waals surface area (Å²) >= 11 is 3.33. The van der Waals surface area contributed by atoms with Crippen molar-refractivity contribution >= 4 is 15.9 Å². The molecular weight excluding hydrogens is 308 g/mol. The number of benzene rings is 1. The van der Waals surface area contributed by atoms with Crippen molar-refractivity contribution < 1.29 is 9.52 Å². The van der Waals surface area contributed by atoms with Crippen LogP contribution in [0.2, 0.25) is 0 Å². The van der Waals surface area contributed by atoms with Crippen LogP contribution >= 0.6 is 15.9 Å². The van der Waals surface area contributed by atoms with Crippen LogP contribution in [-0.2, 0) is 0 Å². The van der Waals surface area contributed by atoms with Crippen LogP contribution in [0.3, 0.4) is 0 Å². The molecule has 0 saturated carbocycles. The maximum absolute atomic E-state index is 10.2. The van der Waals surface area contributed by atoms with E-state index in [4.69, 9.17) is 4.42 Å². The maximum Gasteiger partial charge on any atom is 0.151 e. The average Bonchev–Trinajstić information content (AvgIpc) is 3.08. The monoisotopic (exact) mass is 318 g/mol. The highest BCUT2D eigenvalue weighted by Crippen LogP contribution is 2.29. The Morgan fingerprint density at radius 1 is 1.21 bits per heavy atom. The first kappa shape index (κ1) is 12.2. The average molecular weight is 319 g/mol. The van der Waals surface area contributed by atoms with E-state index in [-0.39, 0.29) is 0 Å². The summed E-state index contributed by atoms with van der Waals surface area (Å²) in [5, 5.41) is 14.5. The summed E-state index contributed by atoms with van der Waals surface area (Å²) in [6.45, 7) is 0. The normalized spacial score (nSPS) is 12.5. The Balaban J connectivity index is 1.92. The molecule has 1 aromatic carbocycles. The van der Waals surface area contributed by atoms with Crippen molar-refractivity contribution in [2.75, 3.05) is 0 Å². The molecule has 0 saturated heterocycles. The third-order valence-corrected chi connectivity index (χ3v) is 3.49. The van der Waals surface area contributed by atoms with Crippen LogP contribution < -0.4 is 0 Å². The minimum Gasteiger partial charge on any atom is -0.465 e. The van der Waals surface area contributed by atoms with Crippen LogP contribution in [0, 0.1) is 0 Å². The second kappa shape index (κ2) is 5.03. The van der Waals surface area contributed by atoms with Gasteiger partial charge in [-0.2, -0.15) is 5.10 Å². The molecule has 19 heavy (non-hydrogen) atoms. The molecule has 1 N–H and O–H groups in total. The molecule has 2 heterocycles. The largest absolute Gasteiger partial charge is 0.465 e. The zero-order valence-corrected chi connectivity index (χ0v) is 11.5. The standard InChI is InChI=1S/C14H11BrN2O2/c15-12-6-7-19-14(12)13(18)10-8-16-17(9-10)11-4-2-1-3-5-11/h1-9,13,18H. The molecule has 0 bridgehead atoms. The Bertz CT molecular complexity index is 676. The van der Waals surface area contributed by atoms with Gasteiger partial charge in [-0.15, -0.1) is 0 Å². The lowest BCUT2D eigenvalue weighted by atomic mass is 10.1.